The molecule has 0 aliphatic heterocycles. The zero-order valence-electron chi connectivity index (χ0n) is 12.0. The van der Waals surface area contributed by atoms with E-state index in [0.29, 0.717) is 15.6 Å². The van der Waals surface area contributed by atoms with Gasteiger partial charge in [-0.2, -0.15) is 0 Å². The molecule has 0 N–H and O–H groups in total. The highest BCUT2D eigenvalue weighted by atomic mass is 35.5. The second-order valence-corrected chi connectivity index (χ2v) is 6.48. The van der Waals surface area contributed by atoms with E-state index in [2.05, 4.69) is 0 Å². The van der Waals surface area contributed by atoms with Crippen molar-refractivity contribution in [3.05, 3.63) is 33.8 Å². The van der Waals surface area contributed by atoms with Gasteiger partial charge in [0.1, 0.15) is 11.5 Å². The van der Waals surface area contributed by atoms with Gasteiger partial charge in [0, 0.05) is 16.5 Å². The molecule has 0 radical (unpaired) electrons. The molecule has 1 atom stereocenters. The van der Waals surface area contributed by atoms with E-state index in [0.717, 1.165) is 0 Å². The van der Waals surface area contributed by atoms with Gasteiger partial charge in [-0.25, -0.2) is 0 Å². The molecule has 20 heavy (non-hydrogen) atoms. The van der Waals surface area contributed by atoms with Gasteiger partial charge in [0.2, 0.25) is 0 Å². The second kappa shape index (κ2) is 6.59. The quantitative estimate of drug-likeness (QED) is 0.621. The van der Waals surface area contributed by atoms with Crippen molar-refractivity contribution in [2.24, 2.45) is 5.92 Å². The largest absolute Gasteiger partial charge is 0.459 e. The van der Waals surface area contributed by atoms with Gasteiger partial charge in [-0.3, -0.25) is 9.59 Å². The molecule has 1 aromatic carbocycles. The number of halogens is 2. The summed E-state index contributed by atoms with van der Waals surface area (Å²) in [6, 6.07) is 4.92. The first-order valence-corrected chi connectivity index (χ1v) is 7.05. The van der Waals surface area contributed by atoms with Gasteiger partial charge < -0.3 is 4.74 Å². The van der Waals surface area contributed by atoms with E-state index in [1.54, 1.807) is 45.9 Å². The number of hydrogen-bond donors (Lipinski definition) is 0. The fourth-order valence-corrected chi connectivity index (χ4v) is 2.00. The summed E-state index contributed by atoms with van der Waals surface area (Å²) in [7, 11) is 0. The molecule has 0 aliphatic carbocycles. The molecule has 1 rings (SSSR count). The Kier molecular flexibility index (Phi) is 5.60. The minimum Gasteiger partial charge on any atom is -0.459 e. The molecule has 0 fully saturated rings. The summed E-state index contributed by atoms with van der Waals surface area (Å²) in [6.45, 7) is 6.83. The standard InChI is InChI=1S/C15H18Cl2O3/c1-9(14(19)20-15(2,3)4)13(18)7-10-5-6-11(16)8-12(10)17/h5-6,8-9H,7H2,1-4H3. The third-order valence-electron chi connectivity index (χ3n) is 2.62. The summed E-state index contributed by atoms with van der Waals surface area (Å²) in [5.41, 5.74) is 0.0419. The second-order valence-electron chi connectivity index (χ2n) is 5.63. The van der Waals surface area contributed by atoms with Gasteiger partial charge in [0.25, 0.3) is 0 Å². The number of carbonyl (C=O) groups excluding carboxylic acids is 2. The maximum absolute atomic E-state index is 12.1. The minimum absolute atomic E-state index is 0.0798. The summed E-state index contributed by atoms with van der Waals surface area (Å²) in [5, 5.41) is 0.925. The maximum Gasteiger partial charge on any atom is 0.316 e. The van der Waals surface area contributed by atoms with Gasteiger partial charge in [-0.15, -0.1) is 0 Å². The Labute approximate surface area is 129 Å². The molecule has 1 unspecified atom stereocenters. The molecule has 5 heteroatoms. The van der Waals surface area contributed by atoms with Crippen molar-refractivity contribution >= 4 is 35.0 Å². The lowest BCUT2D eigenvalue weighted by Gasteiger charge is -2.21. The monoisotopic (exact) mass is 316 g/mol. The Morgan fingerprint density at radius 1 is 1.25 bits per heavy atom. The van der Waals surface area contributed by atoms with Gasteiger partial charge in [-0.05, 0) is 45.4 Å². The number of hydrogen-bond acceptors (Lipinski definition) is 3. The van der Waals surface area contributed by atoms with Crippen molar-refractivity contribution in [2.45, 2.75) is 39.7 Å². The number of Topliss-reactive ketones (excluding diaryl/α,β-unsaturated/α-hetero) is 1. The van der Waals surface area contributed by atoms with Gasteiger partial charge in [0.15, 0.2) is 5.78 Å². The lowest BCUT2D eigenvalue weighted by atomic mass is 9.99. The van der Waals surface area contributed by atoms with Crippen molar-refractivity contribution in [1.82, 2.24) is 0 Å². The average molecular weight is 317 g/mol. The molecule has 0 amide bonds. The van der Waals surface area contributed by atoms with Crippen LogP contribution in [0.3, 0.4) is 0 Å². The van der Waals surface area contributed by atoms with Crippen LogP contribution in [0.4, 0.5) is 0 Å². The van der Waals surface area contributed by atoms with Crippen molar-refractivity contribution in [3.63, 3.8) is 0 Å². The fraction of sp³-hybridized carbons (Fsp3) is 0.467. The highest BCUT2D eigenvalue weighted by molar-refractivity contribution is 6.35. The van der Waals surface area contributed by atoms with Crippen molar-refractivity contribution in [3.8, 4) is 0 Å². The number of ether oxygens (including phenoxy) is 1. The Bertz CT molecular complexity index is 518. The molecule has 0 heterocycles. The molecule has 0 aliphatic rings. The molecule has 0 saturated heterocycles. The Morgan fingerprint density at radius 3 is 2.35 bits per heavy atom. The highest BCUT2D eigenvalue weighted by Gasteiger charge is 2.27. The number of rotatable bonds is 4. The van der Waals surface area contributed by atoms with E-state index in [4.69, 9.17) is 27.9 Å². The first-order chi connectivity index (χ1) is 9.10. The molecular weight excluding hydrogens is 299 g/mol. The lowest BCUT2D eigenvalue weighted by molar-refractivity contribution is -0.161. The minimum atomic E-state index is -0.819. The number of carbonyl (C=O) groups is 2. The summed E-state index contributed by atoms with van der Waals surface area (Å²) in [5.74, 6) is -1.57. The SMILES string of the molecule is CC(C(=O)Cc1ccc(Cl)cc1Cl)C(=O)OC(C)(C)C. The van der Waals surface area contributed by atoms with Crippen LogP contribution in [-0.2, 0) is 20.7 Å². The smallest absolute Gasteiger partial charge is 0.316 e. The van der Waals surface area contributed by atoms with Crippen LogP contribution >= 0.6 is 23.2 Å². The molecule has 110 valence electrons. The topological polar surface area (TPSA) is 43.4 Å². The lowest BCUT2D eigenvalue weighted by Crippen LogP contribution is -2.31. The van der Waals surface area contributed by atoms with Crippen LogP contribution in [0.15, 0.2) is 18.2 Å². The van der Waals surface area contributed by atoms with E-state index >= 15 is 0 Å². The number of ketones is 1. The molecular formula is C15H18Cl2O3. The highest BCUT2D eigenvalue weighted by Crippen LogP contribution is 2.22. The van der Waals surface area contributed by atoms with Crippen LogP contribution in [0, 0.1) is 5.92 Å². The Balaban J connectivity index is 2.73. The van der Waals surface area contributed by atoms with Gasteiger partial charge in [0.05, 0.1) is 0 Å². The summed E-state index contributed by atoms with van der Waals surface area (Å²) in [6.07, 6.45) is 0.0798. The summed E-state index contributed by atoms with van der Waals surface area (Å²) >= 11 is 11.8. The first kappa shape index (κ1) is 17.0. The zero-order valence-corrected chi connectivity index (χ0v) is 13.5. The summed E-state index contributed by atoms with van der Waals surface area (Å²) < 4.78 is 5.19. The molecule has 0 saturated carbocycles. The van der Waals surface area contributed by atoms with E-state index in [-0.39, 0.29) is 12.2 Å². The van der Waals surface area contributed by atoms with E-state index in [1.165, 1.54) is 0 Å². The Hall–Kier alpha value is -1.06. The molecule has 1 aromatic rings. The molecule has 0 spiro atoms. The van der Waals surface area contributed by atoms with Crippen molar-refractivity contribution in [2.75, 3.05) is 0 Å². The van der Waals surface area contributed by atoms with Gasteiger partial charge >= 0.3 is 5.97 Å². The number of esters is 1. The van der Waals surface area contributed by atoms with Crippen LogP contribution in [0.1, 0.15) is 33.3 Å². The van der Waals surface area contributed by atoms with Crippen LogP contribution in [-0.4, -0.2) is 17.4 Å². The average Bonchev–Trinajstić information content (AvgIpc) is 2.29. The Morgan fingerprint density at radius 2 is 1.85 bits per heavy atom. The molecule has 0 aromatic heterocycles. The van der Waals surface area contributed by atoms with Crippen molar-refractivity contribution < 1.29 is 14.3 Å². The van der Waals surface area contributed by atoms with Crippen molar-refractivity contribution in [1.29, 1.82) is 0 Å². The predicted octanol–water partition coefficient (Wildman–Crippen LogP) is 4.08. The van der Waals surface area contributed by atoms with Crippen LogP contribution < -0.4 is 0 Å². The number of benzene rings is 1. The van der Waals surface area contributed by atoms with Crippen LogP contribution in [0.2, 0.25) is 10.0 Å². The molecule has 3 nitrogen and oxygen atoms in total. The summed E-state index contributed by atoms with van der Waals surface area (Å²) in [4.78, 5) is 23.9. The fourth-order valence-electron chi connectivity index (χ4n) is 1.53. The predicted molar refractivity (Wildman–Crippen MR) is 80.2 cm³/mol. The van der Waals surface area contributed by atoms with Crippen LogP contribution in [0.5, 0.6) is 0 Å². The zero-order chi connectivity index (χ0) is 15.5. The van der Waals surface area contributed by atoms with Gasteiger partial charge in [-0.1, -0.05) is 29.3 Å². The molecule has 0 bridgehead atoms. The third kappa shape index (κ3) is 5.14. The maximum atomic E-state index is 12.1. The third-order valence-corrected chi connectivity index (χ3v) is 3.21. The normalized spacial score (nSPS) is 12.9. The van der Waals surface area contributed by atoms with E-state index in [1.807, 2.05) is 0 Å². The van der Waals surface area contributed by atoms with Crippen LogP contribution in [0.25, 0.3) is 0 Å². The first-order valence-electron chi connectivity index (χ1n) is 6.29. The van der Waals surface area contributed by atoms with E-state index < -0.39 is 17.5 Å². The van der Waals surface area contributed by atoms with E-state index in [9.17, 15) is 9.59 Å².